The molecule has 0 heterocycles. The highest BCUT2D eigenvalue weighted by Crippen LogP contribution is 2.16. The molecule has 30 heavy (non-hydrogen) atoms. The second-order valence-corrected chi connectivity index (χ2v) is 7.32. The van der Waals surface area contributed by atoms with E-state index >= 15 is 0 Å². The molecule has 0 spiro atoms. The molecule has 0 aliphatic rings. The Bertz CT molecular complexity index is 944. The summed E-state index contributed by atoms with van der Waals surface area (Å²) in [7, 11) is 0. The van der Waals surface area contributed by atoms with E-state index in [1.807, 2.05) is 48.5 Å². The smallest absolute Gasteiger partial charge is 0.257 e. The summed E-state index contributed by atoms with van der Waals surface area (Å²) in [5, 5.41) is 6.29. The second-order valence-electron chi connectivity index (χ2n) is 6.91. The van der Waals surface area contributed by atoms with Crippen LogP contribution in [0.15, 0.2) is 84.9 Å². The van der Waals surface area contributed by atoms with Gasteiger partial charge in [0.2, 0.25) is 0 Å². The van der Waals surface area contributed by atoms with Gasteiger partial charge in [-0.3, -0.25) is 10.1 Å². The molecule has 0 radical (unpaired) electrons. The maximum absolute atomic E-state index is 12.5. The van der Waals surface area contributed by atoms with E-state index in [1.165, 1.54) is 5.56 Å². The predicted octanol–water partition coefficient (Wildman–Crippen LogP) is 5.06. The zero-order valence-electron chi connectivity index (χ0n) is 17.0. The number of hydrogen-bond donors (Lipinski definition) is 2. The summed E-state index contributed by atoms with van der Waals surface area (Å²) < 4.78 is 5.77. The van der Waals surface area contributed by atoms with Gasteiger partial charge < -0.3 is 10.1 Å². The number of benzene rings is 3. The summed E-state index contributed by atoms with van der Waals surface area (Å²) in [4.78, 5) is 12.5. The summed E-state index contributed by atoms with van der Waals surface area (Å²) in [6.45, 7) is 2.66. The van der Waals surface area contributed by atoms with Crippen LogP contribution in [0.4, 0.5) is 0 Å². The highest BCUT2D eigenvalue weighted by atomic mass is 32.1. The van der Waals surface area contributed by atoms with Crippen molar-refractivity contribution < 1.29 is 9.53 Å². The number of amides is 1. The molecule has 5 heteroatoms. The zero-order valence-corrected chi connectivity index (χ0v) is 17.8. The molecule has 3 aromatic rings. The lowest BCUT2D eigenvalue weighted by molar-refractivity contribution is 0.0976. The lowest BCUT2D eigenvalue weighted by atomic mass is 10.1. The Hall–Kier alpha value is -3.18. The molecule has 0 aliphatic carbocycles. The van der Waals surface area contributed by atoms with E-state index in [1.54, 1.807) is 24.3 Å². The summed E-state index contributed by atoms with van der Waals surface area (Å²) in [5.41, 5.74) is 2.89. The predicted molar refractivity (Wildman–Crippen MR) is 125 cm³/mol. The molecule has 1 unspecified atom stereocenters. The van der Waals surface area contributed by atoms with Crippen molar-refractivity contribution in [2.45, 2.75) is 25.8 Å². The van der Waals surface area contributed by atoms with Gasteiger partial charge in [-0.15, -0.1) is 0 Å². The molecule has 0 aliphatic heterocycles. The minimum absolute atomic E-state index is 0.0550. The molecule has 0 saturated carbocycles. The van der Waals surface area contributed by atoms with Gasteiger partial charge in [-0.05, 0) is 54.0 Å². The van der Waals surface area contributed by atoms with Crippen LogP contribution >= 0.6 is 12.2 Å². The van der Waals surface area contributed by atoms with Gasteiger partial charge in [-0.1, -0.05) is 67.6 Å². The molecule has 0 fully saturated rings. The molecule has 0 bridgehead atoms. The van der Waals surface area contributed by atoms with Gasteiger partial charge in [-0.25, -0.2) is 0 Å². The van der Waals surface area contributed by atoms with E-state index in [9.17, 15) is 4.79 Å². The third kappa shape index (κ3) is 6.42. The van der Waals surface area contributed by atoms with Crippen molar-refractivity contribution in [1.82, 2.24) is 10.6 Å². The molecule has 3 aromatic carbocycles. The van der Waals surface area contributed by atoms with Crippen molar-refractivity contribution in [3.05, 3.63) is 102 Å². The van der Waals surface area contributed by atoms with Crippen LogP contribution in [0, 0.1) is 0 Å². The standard InChI is InChI=1S/C25H26N2O2S/c1-2-23(20-11-7-4-8-12-20)26-25(30)27-24(28)21-13-15-22(16-14-21)29-18-17-19-9-5-3-6-10-19/h3-16,23H,2,17-18H2,1H3,(H2,26,27,28,30). The molecule has 3 rings (SSSR count). The van der Waals surface area contributed by atoms with Crippen LogP contribution in [0.3, 0.4) is 0 Å². The summed E-state index contributed by atoms with van der Waals surface area (Å²) >= 11 is 5.33. The van der Waals surface area contributed by atoms with Crippen LogP contribution in [-0.2, 0) is 6.42 Å². The van der Waals surface area contributed by atoms with E-state index in [0.29, 0.717) is 17.3 Å². The molecule has 4 nitrogen and oxygen atoms in total. The maximum atomic E-state index is 12.5. The Kier molecular flexibility index (Phi) is 7.98. The number of hydrogen-bond acceptors (Lipinski definition) is 3. The number of carbonyl (C=O) groups is 1. The summed E-state index contributed by atoms with van der Waals surface area (Å²) in [6.07, 6.45) is 1.69. The van der Waals surface area contributed by atoms with E-state index in [2.05, 4.69) is 29.7 Å². The molecule has 2 N–H and O–H groups in total. The Morgan fingerprint density at radius 2 is 1.57 bits per heavy atom. The van der Waals surface area contributed by atoms with Crippen LogP contribution in [0.5, 0.6) is 5.75 Å². The van der Waals surface area contributed by atoms with Gasteiger partial charge in [0.15, 0.2) is 5.11 Å². The largest absolute Gasteiger partial charge is 0.493 e. The Labute approximate surface area is 183 Å². The fourth-order valence-electron chi connectivity index (χ4n) is 3.11. The van der Waals surface area contributed by atoms with Crippen molar-refractivity contribution in [3.8, 4) is 5.75 Å². The van der Waals surface area contributed by atoms with E-state index in [-0.39, 0.29) is 11.9 Å². The number of nitrogens with one attached hydrogen (secondary N) is 2. The lowest BCUT2D eigenvalue weighted by Crippen LogP contribution is -2.40. The average molecular weight is 419 g/mol. The molecule has 154 valence electrons. The van der Waals surface area contributed by atoms with E-state index < -0.39 is 0 Å². The minimum Gasteiger partial charge on any atom is -0.493 e. The highest BCUT2D eigenvalue weighted by Gasteiger charge is 2.13. The third-order valence-electron chi connectivity index (χ3n) is 4.76. The monoisotopic (exact) mass is 418 g/mol. The molecule has 0 aromatic heterocycles. The molecule has 1 atom stereocenters. The normalized spacial score (nSPS) is 11.4. The van der Waals surface area contributed by atoms with Crippen LogP contribution in [-0.4, -0.2) is 17.6 Å². The molecular weight excluding hydrogens is 392 g/mol. The lowest BCUT2D eigenvalue weighted by Gasteiger charge is -2.19. The number of carbonyl (C=O) groups excluding carboxylic acids is 1. The van der Waals surface area contributed by atoms with Gasteiger partial charge in [0.05, 0.1) is 12.6 Å². The summed E-state index contributed by atoms with van der Waals surface area (Å²) in [6, 6.07) is 27.4. The van der Waals surface area contributed by atoms with Crippen LogP contribution in [0.25, 0.3) is 0 Å². The first-order valence-corrected chi connectivity index (χ1v) is 10.5. The van der Waals surface area contributed by atoms with Gasteiger partial charge in [0.25, 0.3) is 5.91 Å². The minimum atomic E-state index is -0.244. The molecular formula is C25H26N2O2S. The molecule has 0 saturated heterocycles. The fourth-order valence-corrected chi connectivity index (χ4v) is 3.34. The Morgan fingerprint density at radius 1 is 0.933 bits per heavy atom. The first-order valence-electron chi connectivity index (χ1n) is 10.1. The highest BCUT2D eigenvalue weighted by molar-refractivity contribution is 7.80. The van der Waals surface area contributed by atoms with Crippen molar-refractivity contribution in [2.75, 3.05) is 6.61 Å². The third-order valence-corrected chi connectivity index (χ3v) is 4.98. The average Bonchev–Trinajstić information content (AvgIpc) is 2.79. The fraction of sp³-hybridized carbons (Fsp3) is 0.200. The number of ether oxygens (including phenoxy) is 1. The molecule has 1 amide bonds. The maximum Gasteiger partial charge on any atom is 0.257 e. The summed E-state index contributed by atoms with van der Waals surface area (Å²) in [5.74, 6) is 0.490. The van der Waals surface area contributed by atoms with Crippen molar-refractivity contribution in [2.24, 2.45) is 0 Å². The zero-order chi connectivity index (χ0) is 21.2. The first-order chi connectivity index (χ1) is 14.7. The van der Waals surface area contributed by atoms with Gasteiger partial charge in [0, 0.05) is 12.0 Å². The van der Waals surface area contributed by atoms with Crippen molar-refractivity contribution >= 4 is 23.2 Å². The van der Waals surface area contributed by atoms with Crippen LogP contribution in [0.1, 0.15) is 40.9 Å². The van der Waals surface area contributed by atoms with Gasteiger partial charge in [0.1, 0.15) is 5.75 Å². The Morgan fingerprint density at radius 3 is 2.20 bits per heavy atom. The van der Waals surface area contributed by atoms with Crippen molar-refractivity contribution in [1.29, 1.82) is 0 Å². The first kappa shape index (κ1) is 21.5. The van der Waals surface area contributed by atoms with E-state index in [0.717, 1.165) is 24.2 Å². The second kappa shape index (κ2) is 11.1. The van der Waals surface area contributed by atoms with Crippen LogP contribution in [0.2, 0.25) is 0 Å². The van der Waals surface area contributed by atoms with Gasteiger partial charge in [-0.2, -0.15) is 0 Å². The van der Waals surface area contributed by atoms with Crippen molar-refractivity contribution in [3.63, 3.8) is 0 Å². The Balaban J connectivity index is 1.48. The van der Waals surface area contributed by atoms with Crippen LogP contribution < -0.4 is 15.4 Å². The quantitative estimate of drug-likeness (QED) is 0.502. The van der Waals surface area contributed by atoms with Gasteiger partial charge >= 0.3 is 0 Å². The topological polar surface area (TPSA) is 50.4 Å². The SMILES string of the molecule is CCC(NC(=S)NC(=O)c1ccc(OCCc2ccccc2)cc1)c1ccccc1. The van der Waals surface area contributed by atoms with E-state index in [4.69, 9.17) is 17.0 Å². The number of thiocarbonyl (C=S) groups is 1. The number of rotatable bonds is 8.